The first-order valence-corrected chi connectivity index (χ1v) is 5.76. The van der Waals surface area contributed by atoms with Gasteiger partial charge in [0.15, 0.2) is 0 Å². The van der Waals surface area contributed by atoms with Crippen molar-refractivity contribution in [3.05, 3.63) is 24.0 Å². The molecule has 0 saturated carbocycles. The van der Waals surface area contributed by atoms with Crippen molar-refractivity contribution in [1.82, 2.24) is 4.98 Å². The maximum absolute atomic E-state index is 5.64. The van der Waals surface area contributed by atoms with Gasteiger partial charge in [-0.2, -0.15) is 11.8 Å². The van der Waals surface area contributed by atoms with Gasteiger partial charge in [-0.05, 0) is 24.3 Å². The van der Waals surface area contributed by atoms with Gasteiger partial charge in [-0.1, -0.05) is 13.3 Å². The molecular weight excluding hydrogens is 180 g/mol. The van der Waals surface area contributed by atoms with Crippen molar-refractivity contribution in [2.24, 2.45) is 0 Å². The molecule has 0 unspecified atom stereocenters. The monoisotopic (exact) mass is 196 g/mol. The predicted molar refractivity (Wildman–Crippen MR) is 59.7 cm³/mol. The molecule has 0 aromatic carbocycles. The molecule has 72 valence electrons. The number of anilines is 1. The van der Waals surface area contributed by atoms with E-state index in [-0.39, 0.29) is 0 Å². The van der Waals surface area contributed by atoms with Gasteiger partial charge in [0.05, 0.1) is 5.69 Å². The predicted octanol–water partition coefficient (Wildman–Crippen LogP) is 2.70. The summed E-state index contributed by atoms with van der Waals surface area (Å²) < 4.78 is 0. The zero-order valence-corrected chi connectivity index (χ0v) is 8.81. The van der Waals surface area contributed by atoms with Crippen LogP contribution in [0, 0.1) is 0 Å². The van der Waals surface area contributed by atoms with E-state index in [2.05, 4.69) is 11.9 Å². The summed E-state index contributed by atoms with van der Waals surface area (Å²) in [6, 6.07) is 3.76. The number of pyridine rings is 1. The van der Waals surface area contributed by atoms with Gasteiger partial charge >= 0.3 is 0 Å². The molecule has 0 bridgehead atoms. The standard InChI is InChI=1S/C10H16N2S/c1-2-3-6-13-8-10-7-9(11)4-5-12-10/h4-5,7H,2-3,6,8H2,1H3,(H2,11,12). The Morgan fingerprint density at radius 2 is 2.38 bits per heavy atom. The fourth-order valence-corrected chi connectivity index (χ4v) is 2.00. The maximum Gasteiger partial charge on any atom is 0.0523 e. The smallest absolute Gasteiger partial charge is 0.0523 e. The van der Waals surface area contributed by atoms with Gasteiger partial charge in [-0.25, -0.2) is 0 Å². The number of nitrogen functional groups attached to an aromatic ring is 1. The molecule has 13 heavy (non-hydrogen) atoms. The van der Waals surface area contributed by atoms with Gasteiger partial charge < -0.3 is 5.73 Å². The number of aromatic nitrogens is 1. The lowest BCUT2D eigenvalue weighted by Crippen LogP contribution is -1.91. The van der Waals surface area contributed by atoms with Crippen LogP contribution in [0.5, 0.6) is 0 Å². The average Bonchev–Trinajstić information content (AvgIpc) is 2.13. The zero-order valence-electron chi connectivity index (χ0n) is 7.99. The Hall–Kier alpha value is -0.700. The van der Waals surface area contributed by atoms with Crippen molar-refractivity contribution >= 4 is 17.4 Å². The molecule has 3 heteroatoms. The molecule has 0 saturated heterocycles. The number of nitrogens with zero attached hydrogens (tertiary/aromatic N) is 1. The summed E-state index contributed by atoms with van der Waals surface area (Å²) in [5.41, 5.74) is 7.53. The van der Waals surface area contributed by atoms with Crippen LogP contribution >= 0.6 is 11.8 Å². The van der Waals surface area contributed by atoms with Crippen molar-refractivity contribution in [2.75, 3.05) is 11.5 Å². The summed E-state index contributed by atoms with van der Waals surface area (Å²) in [5.74, 6) is 2.19. The zero-order chi connectivity index (χ0) is 9.52. The molecule has 1 heterocycles. The molecule has 1 aromatic heterocycles. The van der Waals surface area contributed by atoms with E-state index in [1.165, 1.54) is 18.6 Å². The molecule has 2 nitrogen and oxygen atoms in total. The quantitative estimate of drug-likeness (QED) is 0.736. The number of thioether (sulfide) groups is 1. The van der Waals surface area contributed by atoms with Crippen LogP contribution in [0.3, 0.4) is 0 Å². The van der Waals surface area contributed by atoms with Crippen molar-refractivity contribution in [2.45, 2.75) is 25.5 Å². The van der Waals surface area contributed by atoms with Crippen molar-refractivity contribution in [1.29, 1.82) is 0 Å². The highest BCUT2D eigenvalue weighted by Gasteiger charge is 1.94. The minimum atomic E-state index is 0.807. The van der Waals surface area contributed by atoms with Gasteiger partial charge in [0.1, 0.15) is 0 Å². The molecule has 1 aromatic rings. The van der Waals surface area contributed by atoms with Gasteiger partial charge in [0.25, 0.3) is 0 Å². The third kappa shape index (κ3) is 4.18. The van der Waals surface area contributed by atoms with E-state index in [9.17, 15) is 0 Å². The van der Waals surface area contributed by atoms with Crippen molar-refractivity contribution < 1.29 is 0 Å². The molecule has 0 aliphatic rings. The molecule has 0 atom stereocenters. The third-order valence-electron chi connectivity index (χ3n) is 1.73. The Labute approximate surface area is 83.9 Å². The Morgan fingerprint density at radius 3 is 3.08 bits per heavy atom. The molecule has 1 rings (SSSR count). The van der Waals surface area contributed by atoms with Crippen molar-refractivity contribution in [3.8, 4) is 0 Å². The van der Waals surface area contributed by atoms with Gasteiger partial charge in [0, 0.05) is 17.6 Å². The number of unbranched alkanes of at least 4 members (excludes halogenated alkanes) is 1. The molecule has 0 spiro atoms. The summed E-state index contributed by atoms with van der Waals surface area (Å²) >= 11 is 1.92. The third-order valence-corrected chi connectivity index (χ3v) is 2.81. The first-order chi connectivity index (χ1) is 6.33. The van der Waals surface area contributed by atoms with Crippen LogP contribution in [-0.4, -0.2) is 10.7 Å². The van der Waals surface area contributed by atoms with E-state index in [0.717, 1.165) is 17.1 Å². The number of nitrogens with two attached hydrogens (primary N) is 1. The number of hydrogen-bond acceptors (Lipinski definition) is 3. The maximum atomic E-state index is 5.64. The number of hydrogen-bond donors (Lipinski definition) is 1. The minimum absolute atomic E-state index is 0.807. The van der Waals surface area contributed by atoms with Gasteiger partial charge in [-0.3, -0.25) is 4.98 Å². The molecule has 0 aliphatic carbocycles. The van der Waals surface area contributed by atoms with E-state index in [1.807, 2.05) is 23.9 Å². The van der Waals surface area contributed by atoms with Gasteiger partial charge in [-0.15, -0.1) is 0 Å². The molecular formula is C10H16N2S. The second kappa shape index (κ2) is 5.86. The Balaban J connectivity index is 2.28. The van der Waals surface area contributed by atoms with Gasteiger partial charge in [0.2, 0.25) is 0 Å². The second-order valence-electron chi connectivity index (χ2n) is 2.99. The van der Waals surface area contributed by atoms with Crippen LogP contribution < -0.4 is 5.73 Å². The van der Waals surface area contributed by atoms with E-state index in [4.69, 9.17) is 5.73 Å². The number of rotatable bonds is 5. The van der Waals surface area contributed by atoms with Crippen LogP contribution in [0.15, 0.2) is 18.3 Å². The van der Waals surface area contributed by atoms with E-state index in [0.29, 0.717) is 0 Å². The fraction of sp³-hybridized carbons (Fsp3) is 0.500. The van der Waals surface area contributed by atoms with E-state index >= 15 is 0 Å². The van der Waals surface area contributed by atoms with Crippen LogP contribution in [0.2, 0.25) is 0 Å². The lowest BCUT2D eigenvalue weighted by Gasteiger charge is -2.00. The molecule has 0 aliphatic heterocycles. The van der Waals surface area contributed by atoms with E-state index in [1.54, 1.807) is 6.20 Å². The Bertz CT molecular complexity index is 250. The summed E-state index contributed by atoms with van der Waals surface area (Å²) in [6.45, 7) is 2.21. The first-order valence-electron chi connectivity index (χ1n) is 4.61. The highest BCUT2D eigenvalue weighted by Crippen LogP contribution is 2.13. The average molecular weight is 196 g/mol. The molecule has 2 N–H and O–H groups in total. The highest BCUT2D eigenvalue weighted by atomic mass is 32.2. The van der Waals surface area contributed by atoms with E-state index < -0.39 is 0 Å². The molecule has 0 radical (unpaired) electrons. The largest absolute Gasteiger partial charge is 0.399 e. The first kappa shape index (κ1) is 10.4. The topological polar surface area (TPSA) is 38.9 Å². The highest BCUT2D eigenvalue weighted by molar-refractivity contribution is 7.98. The van der Waals surface area contributed by atoms with Crippen LogP contribution in [0.25, 0.3) is 0 Å². The minimum Gasteiger partial charge on any atom is -0.399 e. The summed E-state index contributed by atoms with van der Waals surface area (Å²) in [7, 11) is 0. The van der Waals surface area contributed by atoms with Crippen LogP contribution in [0.1, 0.15) is 25.5 Å². The van der Waals surface area contributed by atoms with Crippen LogP contribution in [0.4, 0.5) is 5.69 Å². The lowest BCUT2D eigenvalue weighted by atomic mass is 10.3. The Kier molecular flexibility index (Phi) is 4.68. The summed E-state index contributed by atoms with van der Waals surface area (Å²) in [5, 5.41) is 0. The fourth-order valence-electron chi connectivity index (χ4n) is 0.999. The van der Waals surface area contributed by atoms with Crippen LogP contribution in [-0.2, 0) is 5.75 Å². The lowest BCUT2D eigenvalue weighted by molar-refractivity contribution is 0.895. The molecule has 0 fully saturated rings. The Morgan fingerprint density at radius 1 is 1.54 bits per heavy atom. The normalized spacial score (nSPS) is 10.2. The van der Waals surface area contributed by atoms with Crippen molar-refractivity contribution in [3.63, 3.8) is 0 Å². The molecule has 0 amide bonds. The summed E-state index contributed by atoms with van der Waals surface area (Å²) in [4.78, 5) is 4.24. The second-order valence-corrected chi connectivity index (χ2v) is 4.09. The SMILES string of the molecule is CCCCSCc1cc(N)ccn1. The summed E-state index contributed by atoms with van der Waals surface area (Å²) in [6.07, 6.45) is 4.31.